The van der Waals surface area contributed by atoms with Gasteiger partial charge in [-0.1, -0.05) is 71.7 Å². The molecule has 0 aliphatic carbocycles. The number of carbonyl (C=O) groups excluding carboxylic acids is 1. The maximum atomic E-state index is 13.0. The normalized spacial score (nSPS) is 11.2. The third kappa shape index (κ3) is 4.57. The maximum Gasteiger partial charge on any atom is 0.272 e. The number of fused-ring (bicyclic) bond motifs is 1. The highest BCUT2D eigenvalue weighted by molar-refractivity contribution is 6.36. The summed E-state index contributed by atoms with van der Waals surface area (Å²) in [4.78, 5) is 17.7. The minimum atomic E-state index is -0.348. The molecule has 34 heavy (non-hydrogen) atoms. The highest BCUT2D eigenvalue weighted by Gasteiger charge is 2.14. The van der Waals surface area contributed by atoms with Crippen LogP contribution in [-0.2, 0) is 0 Å². The first kappa shape index (κ1) is 21.9. The van der Waals surface area contributed by atoms with Gasteiger partial charge in [-0.15, -0.1) is 0 Å². The van der Waals surface area contributed by atoms with Crippen LogP contribution in [-0.4, -0.2) is 17.1 Å². The Balaban J connectivity index is 1.39. The van der Waals surface area contributed by atoms with Crippen LogP contribution in [0.1, 0.15) is 16.1 Å². The van der Waals surface area contributed by atoms with E-state index in [0.717, 1.165) is 16.5 Å². The number of pyridine rings is 1. The van der Waals surface area contributed by atoms with Crippen molar-refractivity contribution in [3.05, 3.63) is 112 Å². The molecule has 1 amide bonds. The molecule has 0 unspecified atom stereocenters. The number of benzene rings is 3. The lowest BCUT2D eigenvalue weighted by Crippen LogP contribution is -2.18. The Kier molecular flexibility index (Phi) is 6.12. The Hall–Kier alpha value is -3.93. The summed E-state index contributed by atoms with van der Waals surface area (Å²) >= 11 is 12.2. The van der Waals surface area contributed by atoms with Crippen molar-refractivity contribution in [3.63, 3.8) is 0 Å². The zero-order valence-electron chi connectivity index (χ0n) is 17.7. The van der Waals surface area contributed by atoms with Gasteiger partial charge in [-0.05, 0) is 42.5 Å². The predicted octanol–water partition coefficient (Wildman–Crippen LogP) is 7.23. The fourth-order valence-electron chi connectivity index (χ4n) is 3.59. The lowest BCUT2D eigenvalue weighted by molar-refractivity contribution is 0.0956. The number of hydrogen-bond acceptors (Lipinski definition) is 4. The molecule has 0 atom stereocenters. The number of aromatic nitrogens is 1. The Morgan fingerprint density at radius 3 is 2.53 bits per heavy atom. The number of amides is 1. The summed E-state index contributed by atoms with van der Waals surface area (Å²) in [6, 6.07) is 27.7. The third-order valence-corrected chi connectivity index (χ3v) is 5.76. The molecule has 0 aliphatic rings. The van der Waals surface area contributed by atoms with Crippen molar-refractivity contribution in [2.45, 2.75) is 0 Å². The van der Waals surface area contributed by atoms with Gasteiger partial charge in [-0.2, -0.15) is 5.10 Å². The molecule has 7 heteroatoms. The van der Waals surface area contributed by atoms with Gasteiger partial charge in [0.2, 0.25) is 0 Å². The molecular weight excluding hydrogens is 469 g/mol. The van der Waals surface area contributed by atoms with Gasteiger partial charge in [0.05, 0.1) is 28.0 Å². The summed E-state index contributed by atoms with van der Waals surface area (Å²) in [6.07, 6.45) is 1.44. The van der Waals surface area contributed by atoms with Crippen molar-refractivity contribution in [1.82, 2.24) is 10.4 Å². The minimum absolute atomic E-state index is 0.348. The number of halogens is 2. The average molecular weight is 486 g/mol. The number of hydrazone groups is 1. The van der Waals surface area contributed by atoms with Crippen molar-refractivity contribution in [3.8, 4) is 22.6 Å². The lowest BCUT2D eigenvalue weighted by Gasteiger charge is -2.09. The lowest BCUT2D eigenvalue weighted by atomic mass is 10.0. The molecule has 0 radical (unpaired) electrons. The topological polar surface area (TPSA) is 67.5 Å². The van der Waals surface area contributed by atoms with E-state index in [0.29, 0.717) is 38.4 Å². The van der Waals surface area contributed by atoms with Gasteiger partial charge in [-0.3, -0.25) is 4.79 Å². The molecule has 2 aromatic heterocycles. The molecule has 5 nitrogen and oxygen atoms in total. The number of nitrogens with one attached hydrogen (secondary N) is 1. The predicted molar refractivity (Wildman–Crippen MR) is 136 cm³/mol. The monoisotopic (exact) mass is 485 g/mol. The quantitative estimate of drug-likeness (QED) is 0.211. The van der Waals surface area contributed by atoms with Crippen LogP contribution in [0.25, 0.3) is 33.5 Å². The number of furan rings is 1. The number of nitrogens with zero attached hydrogens (tertiary/aromatic N) is 2. The molecule has 0 aliphatic heterocycles. The molecule has 0 fully saturated rings. The molecule has 5 aromatic rings. The molecule has 0 spiro atoms. The van der Waals surface area contributed by atoms with E-state index in [1.54, 1.807) is 36.4 Å². The van der Waals surface area contributed by atoms with Crippen LogP contribution >= 0.6 is 23.2 Å². The summed E-state index contributed by atoms with van der Waals surface area (Å²) in [7, 11) is 0. The summed E-state index contributed by atoms with van der Waals surface area (Å²) in [5, 5.41) is 5.85. The van der Waals surface area contributed by atoms with E-state index in [9.17, 15) is 4.79 Å². The van der Waals surface area contributed by atoms with E-state index < -0.39 is 0 Å². The first-order valence-corrected chi connectivity index (χ1v) is 11.2. The van der Waals surface area contributed by atoms with Gasteiger partial charge in [0.25, 0.3) is 5.91 Å². The first-order chi connectivity index (χ1) is 16.6. The maximum absolute atomic E-state index is 13.0. The second-order valence-electron chi connectivity index (χ2n) is 7.46. The van der Waals surface area contributed by atoms with Gasteiger partial charge in [0.1, 0.15) is 11.5 Å². The minimum Gasteiger partial charge on any atom is -0.455 e. The second-order valence-corrected chi connectivity index (χ2v) is 8.31. The van der Waals surface area contributed by atoms with Crippen molar-refractivity contribution in [1.29, 1.82) is 0 Å². The van der Waals surface area contributed by atoms with Gasteiger partial charge in [-0.25, -0.2) is 10.4 Å². The fourth-order valence-corrected chi connectivity index (χ4v) is 4.09. The van der Waals surface area contributed by atoms with Crippen molar-refractivity contribution in [2.75, 3.05) is 0 Å². The van der Waals surface area contributed by atoms with Crippen LogP contribution in [0.3, 0.4) is 0 Å². The van der Waals surface area contributed by atoms with E-state index in [1.807, 2.05) is 54.6 Å². The number of rotatable bonds is 5. The number of hydrogen-bond donors (Lipinski definition) is 1. The van der Waals surface area contributed by atoms with Gasteiger partial charge in [0.15, 0.2) is 0 Å². The van der Waals surface area contributed by atoms with E-state index in [2.05, 4.69) is 10.5 Å². The van der Waals surface area contributed by atoms with E-state index in [4.69, 9.17) is 32.6 Å². The Labute approximate surface area is 205 Å². The Bertz CT molecular complexity index is 1530. The number of carbonyl (C=O) groups is 1. The van der Waals surface area contributed by atoms with Crippen LogP contribution in [0.4, 0.5) is 0 Å². The summed E-state index contributed by atoms with van der Waals surface area (Å²) in [6.45, 7) is 0. The van der Waals surface area contributed by atoms with Crippen molar-refractivity contribution >= 4 is 46.2 Å². The Morgan fingerprint density at radius 1 is 0.912 bits per heavy atom. The summed E-state index contributed by atoms with van der Waals surface area (Å²) < 4.78 is 5.79. The molecule has 166 valence electrons. The smallest absolute Gasteiger partial charge is 0.272 e. The van der Waals surface area contributed by atoms with E-state index in [1.165, 1.54) is 6.21 Å². The standard InChI is InChI=1S/C27H17Cl2N3O2/c28-18-10-12-21(23(29)14-18)26-13-11-19(34-26)16-30-32-27(33)22-15-25(17-6-2-1-3-7-17)31-24-9-5-4-8-20(22)24/h1-16H,(H,32,33)/b30-16-. The molecule has 1 N–H and O–H groups in total. The van der Waals surface area contributed by atoms with Gasteiger partial charge >= 0.3 is 0 Å². The zero-order chi connectivity index (χ0) is 23.5. The molecule has 3 aromatic carbocycles. The van der Waals surface area contributed by atoms with Crippen LogP contribution in [0, 0.1) is 0 Å². The van der Waals surface area contributed by atoms with Crippen LogP contribution in [0.15, 0.2) is 101 Å². The fraction of sp³-hybridized carbons (Fsp3) is 0. The highest BCUT2D eigenvalue weighted by Crippen LogP contribution is 2.31. The molecule has 0 saturated carbocycles. The van der Waals surface area contributed by atoms with Crippen LogP contribution in [0.5, 0.6) is 0 Å². The van der Waals surface area contributed by atoms with Crippen molar-refractivity contribution in [2.24, 2.45) is 5.10 Å². The second kappa shape index (κ2) is 9.51. The van der Waals surface area contributed by atoms with Crippen molar-refractivity contribution < 1.29 is 9.21 Å². The van der Waals surface area contributed by atoms with E-state index in [-0.39, 0.29) is 5.91 Å². The molecule has 2 heterocycles. The molecule has 5 rings (SSSR count). The SMILES string of the molecule is O=C(N/N=C\c1ccc(-c2ccc(Cl)cc2Cl)o1)c1cc(-c2ccccc2)nc2ccccc12. The third-order valence-electron chi connectivity index (χ3n) is 5.21. The zero-order valence-corrected chi connectivity index (χ0v) is 19.2. The van der Waals surface area contributed by atoms with Gasteiger partial charge < -0.3 is 4.42 Å². The number of para-hydroxylation sites is 1. The average Bonchev–Trinajstić information content (AvgIpc) is 3.32. The summed E-state index contributed by atoms with van der Waals surface area (Å²) in [5.74, 6) is 0.688. The van der Waals surface area contributed by atoms with Crippen LogP contribution in [0.2, 0.25) is 10.0 Å². The summed E-state index contributed by atoms with van der Waals surface area (Å²) in [5.41, 5.74) is 6.15. The largest absolute Gasteiger partial charge is 0.455 e. The molecule has 0 saturated heterocycles. The van der Waals surface area contributed by atoms with E-state index >= 15 is 0 Å². The highest BCUT2D eigenvalue weighted by atomic mass is 35.5. The Morgan fingerprint density at radius 2 is 1.71 bits per heavy atom. The molecule has 0 bridgehead atoms. The first-order valence-electron chi connectivity index (χ1n) is 10.4. The molecular formula is C27H17Cl2N3O2. The van der Waals surface area contributed by atoms with Gasteiger partial charge in [0, 0.05) is 21.5 Å². The van der Waals surface area contributed by atoms with Crippen LogP contribution < -0.4 is 5.43 Å².